The number of hydrogen-bond donors (Lipinski definition) is 0. The number of nitrogens with zero attached hydrogens (tertiary/aromatic N) is 4. The number of aryl methyl sites for hydroxylation is 1. The summed E-state index contributed by atoms with van der Waals surface area (Å²) in [5.74, 6) is 1.01. The Morgan fingerprint density at radius 3 is 2.71 bits per heavy atom. The van der Waals surface area contributed by atoms with Gasteiger partial charge in [0.2, 0.25) is 0 Å². The van der Waals surface area contributed by atoms with Crippen molar-refractivity contribution in [2.45, 2.75) is 46.2 Å². The van der Waals surface area contributed by atoms with Crippen molar-refractivity contribution in [1.82, 2.24) is 4.57 Å². The maximum atomic E-state index is 8.97. The second kappa shape index (κ2) is 6.70. The first-order chi connectivity index (χ1) is 8.26. The molecule has 0 spiro atoms. The highest BCUT2D eigenvalue weighted by atomic mass is 15.1. The lowest BCUT2D eigenvalue weighted by molar-refractivity contribution is -0.708. The van der Waals surface area contributed by atoms with Crippen LogP contribution in [0, 0.1) is 28.6 Å². The van der Waals surface area contributed by atoms with E-state index >= 15 is 0 Å². The molecule has 17 heavy (non-hydrogen) atoms. The molecule has 0 aliphatic heterocycles. The summed E-state index contributed by atoms with van der Waals surface area (Å²) in [6.07, 6.45) is 6.41. The first kappa shape index (κ1) is 13.3. The van der Waals surface area contributed by atoms with Crippen LogP contribution in [0.4, 0.5) is 0 Å². The van der Waals surface area contributed by atoms with Gasteiger partial charge in [-0.05, 0) is 6.42 Å². The van der Waals surface area contributed by atoms with Crippen molar-refractivity contribution in [1.29, 1.82) is 10.5 Å². The van der Waals surface area contributed by atoms with Gasteiger partial charge in [-0.25, -0.2) is 9.13 Å². The van der Waals surface area contributed by atoms with E-state index in [1.807, 2.05) is 6.20 Å². The molecule has 0 fully saturated rings. The quantitative estimate of drug-likeness (QED) is 0.701. The van der Waals surface area contributed by atoms with Crippen LogP contribution in [0.1, 0.15) is 32.5 Å². The van der Waals surface area contributed by atoms with Gasteiger partial charge in [-0.3, -0.25) is 0 Å². The standard InChI is InChI=1S/C13H19N4/c1-3-7-16-8-9-17(13(16)4-2)11-12(10-15)5-6-14/h8-9,12H,3-5,7,11H2,1-2H3/q+1. The maximum absolute atomic E-state index is 8.97. The van der Waals surface area contributed by atoms with Gasteiger partial charge in [-0.1, -0.05) is 13.8 Å². The topological polar surface area (TPSA) is 56.4 Å². The van der Waals surface area contributed by atoms with Gasteiger partial charge in [0.05, 0.1) is 31.0 Å². The highest BCUT2D eigenvalue weighted by molar-refractivity contribution is 4.89. The van der Waals surface area contributed by atoms with E-state index in [-0.39, 0.29) is 5.92 Å². The number of imidazole rings is 1. The monoisotopic (exact) mass is 231 g/mol. The van der Waals surface area contributed by atoms with Crippen molar-refractivity contribution in [2.75, 3.05) is 0 Å². The molecule has 90 valence electrons. The molecular weight excluding hydrogens is 212 g/mol. The molecule has 0 bridgehead atoms. The van der Waals surface area contributed by atoms with Crippen molar-refractivity contribution >= 4 is 0 Å². The summed E-state index contributed by atoms with van der Waals surface area (Å²) >= 11 is 0. The Hall–Kier alpha value is -1.81. The van der Waals surface area contributed by atoms with Gasteiger partial charge in [-0.2, -0.15) is 10.5 Å². The van der Waals surface area contributed by atoms with Gasteiger partial charge in [-0.15, -0.1) is 0 Å². The van der Waals surface area contributed by atoms with Crippen molar-refractivity contribution in [3.63, 3.8) is 0 Å². The smallest absolute Gasteiger partial charge is 0.234 e. The van der Waals surface area contributed by atoms with Crippen LogP contribution in [-0.2, 0) is 19.5 Å². The molecule has 1 aromatic heterocycles. The Morgan fingerprint density at radius 2 is 2.18 bits per heavy atom. The van der Waals surface area contributed by atoms with E-state index < -0.39 is 0 Å². The highest BCUT2D eigenvalue weighted by Gasteiger charge is 2.18. The predicted octanol–water partition coefficient (Wildman–Crippen LogP) is 1.80. The number of hydrogen-bond acceptors (Lipinski definition) is 2. The highest BCUT2D eigenvalue weighted by Crippen LogP contribution is 2.04. The van der Waals surface area contributed by atoms with Crippen LogP contribution in [0.3, 0.4) is 0 Å². The fraction of sp³-hybridized carbons (Fsp3) is 0.615. The molecule has 1 heterocycles. The Labute approximate surface area is 103 Å². The second-order valence-electron chi connectivity index (χ2n) is 4.10. The molecule has 1 aromatic rings. The molecule has 0 saturated carbocycles. The molecule has 0 amide bonds. The van der Waals surface area contributed by atoms with E-state index in [1.54, 1.807) is 0 Å². The van der Waals surface area contributed by atoms with E-state index in [9.17, 15) is 0 Å². The van der Waals surface area contributed by atoms with Crippen molar-refractivity contribution in [2.24, 2.45) is 5.92 Å². The largest absolute Gasteiger partial charge is 0.256 e. The number of aromatic nitrogens is 2. The van der Waals surface area contributed by atoms with Crippen LogP contribution in [0.25, 0.3) is 0 Å². The van der Waals surface area contributed by atoms with Crippen LogP contribution < -0.4 is 4.57 Å². The Kier molecular flexibility index (Phi) is 5.23. The van der Waals surface area contributed by atoms with Gasteiger partial charge in [0.25, 0.3) is 5.82 Å². The van der Waals surface area contributed by atoms with Gasteiger partial charge in [0.15, 0.2) is 0 Å². The van der Waals surface area contributed by atoms with Crippen LogP contribution in [0.5, 0.6) is 0 Å². The van der Waals surface area contributed by atoms with Crippen LogP contribution in [0.2, 0.25) is 0 Å². The fourth-order valence-corrected chi connectivity index (χ4v) is 2.01. The van der Waals surface area contributed by atoms with Gasteiger partial charge < -0.3 is 0 Å². The first-order valence-electron chi connectivity index (χ1n) is 6.10. The summed E-state index contributed by atoms with van der Waals surface area (Å²) in [5, 5.41) is 17.6. The molecule has 0 radical (unpaired) electrons. The minimum atomic E-state index is -0.215. The summed E-state index contributed by atoms with van der Waals surface area (Å²) < 4.78 is 4.32. The lowest BCUT2D eigenvalue weighted by Crippen LogP contribution is -2.40. The Bertz CT molecular complexity index is 433. The van der Waals surface area contributed by atoms with Gasteiger partial charge in [0, 0.05) is 6.42 Å². The zero-order valence-corrected chi connectivity index (χ0v) is 10.6. The Morgan fingerprint density at radius 1 is 1.41 bits per heavy atom. The summed E-state index contributed by atoms with van der Waals surface area (Å²) in [6, 6.07) is 4.26. The molecule has 0 N–H and O–H groups in total. The fourth-order valence-electron chi connectivity index (χ4n) is 2.01. The molecule has 0 aliphatic rings. The van der Waals surface area contributed by atoms with Gasteiger partial charge in [0.1, 0.15) is 18.9 Å². The minimum absolute atomic E-state index is 0.215. The van der Waals surface area contributed by atoms with Crippen molar-refractivity contribution < 1.29 is 4.57 Å². The second-order valence-corrected chi connectivity index (χ2v) is 4.10. The minimum Gasteiger partial charge on any atom is -0.234 e. The zero-order valence-electron chi connectivity index (χ0n) is 10.6. The van der Waals surface area contributed by atoms with Gasteiger partial charge >= 0.3 is 0 Å². The first-order valence-corrected chi connectivity index (χ1v) is 6.10. The molecule has 4 heteroatoms. The third-order valence-corrected chi connectivity index (χ3v) is 2.81. The Balaban J connectivity index is 2.84. The molecular formula is C13H19N4+. The van der Waals surface area contributed by atoms with Crippen molar-refractivity contribution in [3.05, 3.63) is 18.2 Å². The van der Waals surface area contributed by atoms with Crippen LogP contribution in [-0.4, -0.2) is 4.57 Å². The molecule has 1 rings (SSSR count). The number of nitriles is 2. The summed E-state index contributed by atoms with van der Waals surface area (Å²) in [7, 11) is 0. The third-order valence-electron chi connectivity index (χ3n) is 2.81. The molecule has 1 atom stereocenters. The molecule has 0 aliphatic carbocycles. The summed E-state index contributed by atoms with van der Waals surface area (Å²) in [5.41, 5.74) is 0. The average molecular weight is 231 g/mol. The van der Waals surface area contributed by atoms with E-state index in [0.717, 1.165) is 19.4 Å². The molecule has 0 saturated heterocycles. The molecule has 1 unspecified atom stereocenters. The predicted molar refractivity (Wildman–Crippen MR) is 63.6 cm³/mol. The average Bonchev–Trinajstić information content (AvgIpc) is 2.71. The SMILES string of the molecule is CCCn1cc[n+](CC(C#N)CC#N)c1CC. The molecule has 0 aromatic carbocycles. The lowest BCUT2D eigenvalue weighted by atomic mass is 10.1. The maximum Gasteiger partial charge on any atom is 0.256 e. The normalized spacial score (nSPS) is 11.8. The number of rotatable bonds is 6. The van der Waals surface area contributed by atoms with E-state index in [1.165, 1.54) is 5.82 Å². The molecule has 4 nitrogen and oxygen atoms in total. The van der Waals surface area contributed by atoms with E-state index in [2.05, 4.69) is 41.3 Å². The summed E-state index contributed by atoms with van der Waals surface area (Å²) in [6.45, 7) is 5.89. The third kappa shape index (κ3) is 3.32. The van der Waals surface area contributed by atoms with E-state index in [0.29, 0.717) is 13.0 Å². The van der Waals surface area contributed by atoms with E-state index in [4.69, 9.17) is 10.5 Å². The summed E-state index contributed by atoms with van der Waals surface area (Å²) in [4.78, 5) is 0. The zero-order chi connectivity index (χ0) is 12.7. The van der Waals surface area contributed by atoms with Crippen molar-refractivity contribution in [3.8, 4) is 12.1 Å². The van der Waals surface area contributed by atoms with Crippen LogP contribution in [0.15, 0.2) is 12.4 Å². The lowest BCUT2D eigenvalue weighted by Gasteiger charge is -2.04. The van der Waals surface area contributed by atoms with Crippen LogP contribution >= 0.6 is 0 Å².